The number of anilines is 1. The zero-order chi connectivity index (χ0) is 23.0. The van der Waals surface area contributed by atoms with Crippen molar-refractivity contribution in [1.82, 2.24) is 19.5 Å². The van der Waals surface area contributed by atoms with E-state index in [0.717, 1.165) is 39.0 Å². The Morgan fingerprint density at radius 2 is 1.91 bits per heavy atom. The van der Waals surface area contributed by atoms with E-state index in [9.17, 15) is 8.42 Å². The lowest BCUT2D eigenvalue weighted by molar-refractivity contribution is 0.191. The van der Waals surface area contributed by atoms with Gasteiger partial charge in [-0.1, -0.05) is 18.2 Å². The molecule has 8 heteroatoms. The maximum Gasteiger partial charge on any atom is 0.211 e. The molecule has 0 saturated carbocycles. The molecule has 0 amide bonds. The number of likely N-dealkylation sites (N-methyl/N-ethyl adjacent to an activating group) is 1. The fourth-order valence-electron chi connectivity index (χ4n) is 5.77. The van der Waals surface area contributed by atoms with Gasteiger partial charge in [0.2, 0.25) is 10.0 Å². The quantitative estimate of drug-likeness (QED) is 0.724. The van der Waals surface area contributed by atoms with Gasteiger partial charge in [-0.15, -0.1) is 0 Å². The molecule has 1 aromatic carbocycles. The number of piperazine rings is 1. The Balaban J connectivity index is 1.29. The zero-order valence-electron chi connectivity index (χ0n) is 19.7. The second-order valence-electron chi connectivity index (χ2n) is 9.74. The summed E-state index contributed by atoms with van der Waals surface area (Å²) in [6, 6.07) is 11.6. The van der Waals surface area contributed by atoms with E-state index in [4.69, 9.17) is 4.98 Å². The van der Waals surface area contributed by atoms with Crippen LogP contribution < -0.4 is 10.2 Å². The Labute approximate surface area is 197 Å². The van der Waals surface area contributed by atoms with Crippen LogP contribution >= 0.6 is 0 Å². The first kappa shape index (κ1) is 22.8. The molecule has 7 nitrogen and oxygen atoms in total. The Morgan fingerprint density at radius 1 is 1.12 bits per heavy atom. The van der Waals surface area contributed by atoms with Crippen molar-refractivity contribution in [2.45, 2.75) is 44.3 Å². The lowest BCUT2D eigenvalue weighted by Gasteiger charge is -2.39. The fraction of sp³-hybridized carbons (Fsp3) is 0.560. The number of nitrogens with one attached hydrogen (secondary N) is 1. The van der Waals surface area contributed by atoms with Crippen LogP contribution in [0.15, 0.2) is 36.5 Å². The van der Waals surface area contributed by atoms with Gasteiger partial charge in [0, 0.05) is 57.2 Å². The summed E-state index contributed by atoms with van der Waals surface area (Å²) in [5, 5.41) is 3.76. The highest BCUT2D eigenvalue weighted by molar-refractivity contribution is 7.88. The molecule has 178 valence electrons. The van der Waals surface area contributed by atoms with E-state index in [2.05, 4.69) is 52.5 Å². The number of hydrogen-bond acceptors (Lipinski definition) is 6. The number of sulfonamides is 1. The van der Waals surface area contributed by atoms with Crippen LogP contribution in [0.4, 0.5) is 5.69 Å². The Morgan fingerprint density at radius 3 is 2.70 bits per heavy atom. The van der Waals surface area contributed by atoms with E-state index in [1.54, 1.807) is 4.31 Å². The summed E-state index contributed by atoms with van der Waals surface area (Å²) in [5.74, 6) is 0. The van der Waals surface area contributed by atoms with Crippen molar-refractivity contribution in [3.63, 3.8) is 0 Å². The third kappa shape index (κ3) is 4.80. The van der Waals surface area contributed by atoms with Crippen LogP contribution in [0.2, 0.25) is 0 Å². The molecule has 5 rings (SSSR count). The minimum absolute atomic E-state index is 0.384. The van der Waals surface area contributed by atoms with Gasteiger partial charge in [0.25, 0.3) is 0 Å². The number of hydrogen-bond donors (Lipinski definition) is 1. The highest BCUT2D eigenvalue weighted by Gasteiger charge is 2.30. The predicted octanol–water partition coefficient (Wildman–Crippen LogP) is 2.19. The first-order valence-corrected chi connectivity index (χ1v) is 13.9. The summed E-state index contributed by atoms with van der Waals surface area (Å²) in [6.07, 6.45) is 7.75. The van der Waals surface area contributed by atoms with Gasteiger partial charge in [-0.05, 0) is 61.6 Å². The largest absolute Gasteiger partial charge is 0.369 e. The molecule has 1 N–H and O–H groups in total. The molecule has 33 heavy (non-hydrogen) atoms. The Kier molecular flexibility index (Phi) is 6.44. The molecule has 1 saturated heterocycles. The van der Waals surface area contributed by atoms with E-state index in [1.807, 2.05) is 6.20 Å². The molecule has 3 aliphatic rings. The molecule has 1 aromatic heterocycles. The summed E-state index contributed by atoms with van der Waals surface area (Å²) in [5.41, 5.74) is 6.72. The van der Waals surface area contributed by atoms with E-state index in [-0.39, 0.29) is 0 Å². The van der Waals surface area contributed by atoms with Gasteiger partial charge in [-0.25, -0.2) is 8.42 Å². The molecule has 3 heterocycles. The monoisotopic (exact) mass is 469 g/mol. The first-order chi connectivity index (χ1) is 15.9. The number of rotatable bonds is 5. The van der Waals surface area contributed by atoms with Crippen LogP contribution in [0.5, 0.6) is 0 Å². The minimum Gasteiger partial charge on any atom is -0.369 e. The summed E-state index contributed by atoms with van der Waals surface area (Å²) >= 11 is 0. The van der Waals surface area contributed by atoms with Gasteiger partial charge in [0.1, 0.15) is 0 Å². The van der Waals surface area contributed by atoms with Crippen molar-refractivity contribution in [3.05, 3.63) is 58.9 Å². The lowest BCUT2D eigenvalue weighted by Crippen LogP contribution is -2.49. The van der Waals surface area contributed by atoms with Crippen LogP contribution in [-0.4, -0.2) is 74.7 Å². The summed E-state index contributed by atoms with van der Waals surface area (Å²) < 4.78 is 25.4. The van der Waals surface area contributed by atoms with Crippen LogP contribution in [-0.2, 0) is 29.4 Å². The smallest absolute Gasteiger partial charge is 0.211 e. The Bertz CT molecular complexity index is 1100. The van der Waals surface area contributed by atoms with Gasteiger partial charge in [0.05, 0.1) is 18.0 Å². The molecule has 0 radical (unpaired) electrons. The van der Waals surface area contributed by atoms with Crippen molar-refractivity contribution in [2.24, 2.45) is 0 Å². The lowest BCUT2D eigenvalue weighted by atomic mass is 9.89. The molecule has 2 aromatic rings. The number of aromatic nitrogens is 1. The molecule has 1 fully saturated rings. The number of fused-ring (bicyclic) bond motifs is 2. The molecule has 2 atom stereocenters. The van der Waals surface area contributed by atoms with Gasteiger partial charge in [0.15, 0.2) is 0 Å². The van der Waals surface area contributed by atoms with E-state index in [0.29, 0.717) is 25.2 Å². The number of benzene rings is 1. The number of nitrogens with zero attached hydrogens (tertiary/aromatic N) is 4. The van der Waals surface area contributed by atoms with Crippen LogP contribution in [0, 0.1) is 0 Å². The summed E-state index contributed by atoms with van der Waals surface area (Å²) in [4.78, 5) is 9.59. The molecule has 0 bridgehead atoms. The third-order valence-corrected chi connectivity index (χ3v) is 8.84. The number of aryl methyl sites for hydroxylation is 1. The fourth-order valence-corrected chi connectivity index (χ4v) is 6.60. The SMILES string of the molecule is CN(C[C@H]1Cc2c(cccc2N2CCN(S(C)(=O)=O)CC2)CN1)[C@H]1CCCc2cccnc21. The second-order valence-corrected chi connectivity index (χ2v) is 11.7. The molecular weight excluding hydrogens is 434 g/mol. The maximum atomic E-state index is 11.9. The van der Waals surface area contributed by atoms with Crippen LogP contribution in [0.3, 0.4) is 0 Å². The minimum atomic E-state index is -3.12. The summed E-state index contributed by atoms with van der Waals surface area (Å²) in [6.45, 7) is 4.46. The molecular formula is C25H35N5O2S. The topological polar surface area (TPSA) is 68.8 Å². The molecule has 2 aliphatic heterocycles. The van der Waals surface area contributed by atoms with Crippen LogP contribution in [0.1, 0.15) is 41.3 Å². The standard InChI is InChI=1S/C25H35N5O2S/c1-28(24-10-3-6-19-8-5-11-26-25(19)24)18-21-16-22-20(17-27-21)7-4-9-23(22)29-12-14-30(15-13-29)33(2,31)32/h4-5,7-9,11,21,24,27H,3,6,10,12-18H2,1-2H3/t21-,24+/m1/s1. The zero-order valence-corrected chi connectivity index (χ0v) is 20.5. The Hall–Kier alpha value is -2.00. The average molecular weight is 470 g/mol. The van der Waals surface area contributed by atoms with Crippen molar-refractivity contribution >= 4 is 15.7 Å². The normalized spacial score (nSPS) is 23.9. The van der Waals surface area contributed by atoms with Crippen molar-refractivity contribution in [1.29, 1.82) is 0 Å². The maximum absolute atomic E-state index is 11.9. The van der Waals surface area contributed by atoms with Crippen molar-refractivity contribution < 1.29 is 8.42 Å². The highest BCUT2D eigenvalue weighted by atomic mass is 32.2. The van der Waals surface area contributed by atoms with Crippen LogP contribution in [0.25, 0.3) is 0 Å². The average Bonchev–Trinajstić information content (AvgIpc) is 2.83. The highest BCUT2D eigenvalue weighted by Crippen LogP contribution is 2.33. The van der Waals surface area contributed by atoms with Gasteiger partial charge in [-0.3, -0.25) is 9.88 Å². The van der Waals surface area contributed by atoms with Gasteiger partial charge in [-0.2, -0.15) is 4.31 Å². The van der Waals surface area contributed by atoms with Crippen molar-refractivity contribution in [3.8, 4) is 0 Å². The molecule has 1 aliphatic carbocycles. The van der Waals surface area contributed by atoms with Gasteiger partial charge < -0.3 is 10.2 Å². The van der Waals surface area contributed by atoms with Crippen molar-refractivity contribution in [2.75, 3.05) is 50.9 Å². The van der Waals surface area contributed by atoms with E-state index in [1.165, 1.54) is 47.2 Å². The predicted molar refractivity (Wildman–Crippen MR) is 132 cm³/mol. The summed E-state index contributed by atoms with van der Waals surface area (Å²) in [7, 11) is -0.879. The van der Waals surface area contributed by atoms with E-state index >= 15 is 0 Å². The van der Waals surface area contributed by atoms with E-state index < -0.39 is 10.0 Å². The molecule has 0 unspecified atom stereocenters. The number of pyridine rings is 1. The third-order valence-electron chi connectivity index (χ3n) is 7.53. The van der Waals surface area contributed by atoms with Gasteiger partial charge >= 0.3 is 0 Å². The molecule has 0 spiro atoms. The second kappa shape index (κ2) is 9.33. The first-order valence-electron chi connectivity index (χ1n) is 12.1.